The van der Waals surface area contributed by atoms with Crippen LogP contribution in [0.1, 0.15) is 49.8 Å². The second-order valence-electron chi connectivity index (χ2n) is 7.81. The van der Waals surface area contributed by atoms with E-state index in [1.54, 1.807) is 12.1 Å². The van der Waals surface area contributed by atoms with Crippen LogP contribution in [0.25, 0.3) is 0 Å². The summed E-state index contributed by atoms with van der Waals surface area (Å²) in [6, 6.07) is 13.2. The summed E-state index contributed by atoms with van der Waals surface area (Å²) in [5.74, 6) is 0. The smallest absolute Gasteiger partial charge is 0.240 e. The van der Waals surface area contributed by atoms with E-state index in [-0.39, 0.29) is 4.90 Å². The van der Waals surface area contributed by atoms with E-state index in [1.807, 2.05) is 0 Å². The van der Waals surface area contributed by atoms with Gasteiger partial charge in [-0.1, -0.05) is 43.6 Å². The number of nitrogens with one attached hydrogen (secondary N) is 1. The van der Waals surface area contributed by atoms with Crippen molar-refractivity contribution in [1.82, 2.24) is 9.62 Å². The minimum absolute atomic E-state index is 0.231. The zero-order valence-corrected chi connectivity index (χ0v) is 18.9. The Kier molecular flexibility index (Phi) is 7.74. The summed E-state index contributed by atoms with van der Waals surface area (Å²) in [4.78, 5) is 2.87. The Morgan fingerprint density at radius 2 is 1.72 bits per heavy atom. The summed E-state index contributed by atoms with van der Waals surface area (Å²) < 4.78 is 27.7. The minimum Gasteiger partial charge on any atom is -0.300 e. The lowest BCUT2D eigenvalue weighted by Gasteiger charge is -2.35. The van der Waals surface area contributed by atoms with Gasteiger partial charge >= 0.3 is 0 Å². The molecule has 29 heavy (non-hydrogen) atoms. The van der Waals surface area contributed by atoms with Gasteiger partial charge in [0.05, 0.1) is 4.90 Å². The van der Waals surface area contributed by atoms with Gasteiger partial charge in [-0.05, 0) is 86.1 Å². The maximum absolute atomic E-state index is 12.5. The highest BCUT2D eigenvalue weighted by atomic mass is 35.5. The molecule has 0 aromatic heterocycles. The molecule has 2 aromatic rings. The number of rotatable bonds is 9. The Morgan fingerprint density at radius 3 is 2.38 bits per heavy atom. The molecule has 0 aliphatic heterocycles. The van der Waals surface area contributed by atoms with E-state index >= 15 is 0 Å². The highest BCUT2D eigenvalue weighted by Crippen LogP contribution is 2.26. The van der Waals surface area contributed by atoms with Gasteiger partial charge in [0, 0.05) is 17.6 Å². The first kappa shape index (κ1) is 22.3. The van der Waals surface area contributed by atoms with Crippen LogP contribution in [0, 0.1) is 0 Å². The van der Waals surface area contributed by atoms with E-state index in [0.717, 1.165) is 18.4 Å². The lowest BCUT2D eigenvalue weighted by atomic mass is 9.86. The van der Waals surface area contributed by atoms with Gasteiger partial charge in [0.2, 0.25) is 10.0 Å². The van der Waals surface area contributed by atoms with Crippen LogP contribution in [-0.4, -0.2) is 32.4 Å². The largest absolute Gasteiger partial charge is 0.300 e. The maximum Gasteiger partial charge on any atom is 0.240 e. The molecule has 1 aliphatic rings. The summed E-state index contributed by atoms with van der Waals surface area (Å²) in [6.07, 6.45) is 5.70. The molecule has 1 aliphatic carbocycles. The number of sulfonamides is 1. The third kappa shape index (κ3) is 5.82. The Morgan fingerprint density at radius 1 is 1.03 bits per heavy atom. The van der Waals surface area contributed by atoms with Crippen LogP contribution in [-0.2, 0) is 29.4 Å². The van der Waals surface area contributed by atoms with Crippen LogP contribution < -0.4 is 4.72 Å². The lowest BCUT2D eigenvalue weighted by Crippen LogP contribution is -2.40. The van der Waals surface area contributed by atoms with Crippen LogP contribution in [0.15, 0.2) is 47.4 Å². The van der Waals surface area contributed by atoms with Gasteiger partial charge in [-0.15, -0.1) is 0 Å². The standard InChI is InChI=1S/C23H31ClN2O2S/c1-3-13-26(14-4-2)22-10-7-19-15-18(5-6-20(19)16-22)17-25-29(27,28)23-11-8-21(24)9-12-23/h5-6,8-9,11-12,15,22,25H,3-4,7,10,13-14,16-17H2,1-2H3/t22-/m1/s1. The Hall–Kier alpha value is -1.40. The van der Waals surface area contributed by atoms with Crippen LogP contribution in [0.3, 0.4) is 0 Å². The fraction of sp³-hybridized carbons (Fsp3) is 0.478. The first-order chi connectivity index (χ1) is 13.9. The van der Waals surface area contributed by atoms with Gasteiger partial charge in [0.15, 0.2) is 0 Å². The molecule has 0 fully saturated rings. The number of fused-ring (bicyclic) bond motifs is 1. The van der Waals surface area contributed by atoms with Crippen molar-refractivity contribution < 1.29 is 8.42 Å². The fourth-order valence-electron chi connectivity index (χ4n) is 4.14. The van der Waals surface area contributed by atoms with E-state index in [2.05, 4.69) is 41.7 Å². The van der Waals surface area contributed by atoms with Crippen molar-refractivity contribution in [2.24, 2.45) is 0 Å². The van der Waals surface area contributed by atoms with Gasteiger partial charge < -0.3 is 4.90 Å². The second-order valence-corrected chi connectivity index (χ2v) is 10.0. The van der Waals surface area contributed by atoms with Crippen molar-refractivity contribution in [2.75, 3.05) is 13.1 Å². The van der Waals surface area contributed by atoms with E-state index in [9.17, 15) is 8.42 Å². The molecular weight excluding hydrogens is 404 g/mol. The Balaban J connectivity index is 1.65. The molecule has 158 valence electrons. The average Bonchev–Trinajstić information content (AvgIpc) is 2.72. The highest BCUT2D eigenvalue weighted by molar-refractivity contribution is 7.89. The normalized spacial score (nSPS) is 16.8. The van der Waals surface area contributed by atoms with Crippen molar-refractivity contribution in [2.45, 2.75) is 63.4 Å². The zero-order chi connectivity index (χ0) is 20.9. The number of hydrogen-bond donors (Lipinski definition) is 1. The predicted molar refractivity (Wildman–Crippen MR) is 120 cm³/mol. The van der Waals surface area contributed by atoms with E-state index in [4.69, 9.17) is 11.6 Å². The summed E-state index contributed by atoms with van der Waals surface area (Å²) in [7, 11) is -3.54. The van der Waals surface area contributed by atoms with Gasteiger partial charge in [-0.2, -0.15) is 0 Å². The first-order valence-electron chi connectivity index (χ1n) is 10.5. The molecule has 0 radical (unpaired) electrons. The van der Waals surface area contributed by atoms with Crippen molar-refractivity contribution >= 4 is 21.6 Å². The van der Waals surface area contributed by atoms with Gasteiger partial charge in [0.1, 0.15) is 0 Å². The molecule has 0 unspecified atom stereocenters. The maximum atomic E-state index is 12.5. The number of halogens is 1. The number of hydrogen-bond acceptors (Lipinski definition) is 3. The number of benzene rings is 2. The fourth-order valence-corrected chi connectivity index (χ4v) is 5.28. The molecule has 4 nitrogen and oxygen atoms in total. The summed E-state index contributed by atoms with van der Waals surface area (Å²) >= 11 is 5.85. The van der Waals surface area contributed by atoms with Crippen molar-refractivity contribution in [3.8, 4) is 0 Å². The quantitative estimate of drug-likeness (QED) is 0.616. The van der Waals surface area contributed by atoms with Crippen LogP contribution in [0.5, 0.6) is 0 Å². The van der Waals surface area contributed by atoms with Crippen LogP contribution in [0.4, 0.5) is 0 Å². The van der Waals surface area contributed by atoms with Crippen molar-refractivity contribution in [3.05, 3.63) is 64.2 Å². The van der Waals surface area contributed by atoms with E-state index in [0.29, 0.717) is 17.6 Å². The molecule has 1 atom stereocenters. The molecular formula is C23H31ClN2O2S. The molecule has 0 bridgehead atoms. The highest BCUT2D eigenvalue weighted by Gasteiger charge is 2.23. The molecule has 3 rings (SSSR count). The first-order valence-corrected chi connectivity index (χ1v) is 12.4. The van der Waals surface area contributed by atoms with Crippen molar-refractivity contribution in [3.63, 3.8) is 0 Å². The molecule has 0 spiro atoms. The van der Waals surface area contributed by atoms with Gasteiger partial charge in [-0.25, -0.2) is 13.1 Å². The van der Waals surface area contributed by atoms with Crippen LogP contribution in [0.2, 0.25) is 5.02 Å². The summed E-state index contributed by atoms with van der Waals surface area (Å²) in [6.45, 7) is 7.11. The van der Waals surface area contributed by atoms with E-state index in [1.165, 1.54) is 55.6 Å². The number of aryl methyl sites for hydroxylation is 1. The third-order valence-electron chi connectivity index (χ3n) is 5.60. The molecule has 0 heterocycles. The third-order valence-corrected chi connectivity index (χ3v) is 7.27. The predicted octanol–water partition coefficient (Wildman–Crippen LogP) is 4.80. The number of nitrogens with zero attached hydrogens (tertiary/aromatic N) is 1. The SMILES string of the molecule is CCCN(CCC)[C@@H]1CCc2cc(CNS(=O)(=O)c3ccc(Cl)cc3)ccc2C1. The zero-order valence-electron chi connectivity index (χ0n) is 17.3. The molecule has 2 aromatic carbocycles. The Bertz CT molecular complexity index is 907. The van der Waals surface area contributed by atoms with Crippen LogP contribution >= 0.6 is 11.6 Å². The molecule has 0 saturated heterocycles. The van der Waals surface area contributed by atoms with Gasteiger partial charge in [-0.3, -0.25) is 0 Å². The molecule has 0 amide bonds. The topological polar surface area (TPSA) is 49.4 Å². The lowest BCUT2D eigenvalue weighted by molar-refractivity contribution is 0.180. The summed E-state index contributed by atoms with van der Waals surface area (Å²) in [5.41, 5.74) is 3.76. The minimum atomic E-state index is -3.54. The monoisotopic (exact) mass is 434 g/mol. The second kappa shape index (κ2) is 10.1. The molecule has 0 saturated carbocycles. The average molecular weight is 435 g/mol. The van der Waals surface area contributed by atoms with Gasteiger partial charge in [0.25, 0.3) is 0 Å². The Labute approximate surface area is 180 Å². The molecule has 1 N–H and O–H groups in total. The molecule has 6 heteroatoms. The van der Waals surface area contributed by atoms with Crippen molar-refractivity contribution in [1.29, 1.82) is 0 Å². The summed E-state index contributed by atoms with van der Waals surface area (Å²) in [5, 5.41) is 0.522. The van der Waals surface area contributed by atoms with E-state index < -0.39 is 10.0 Å².